The molecule has 0 unspecified atom stereocenters. The Hall–Kier alpha value is -1.81. The molecule has 2 rings (SSSR count). The summed E-state index contributed by atoms with van der Waals surface area (Å²) in [6, 6.07) is 9.58. The van der Waals surface area contributed by atoms with Crippen LogP contribution < -0.4 is 5.73 Å². The van der Waals surface area contributed by atoms with Crippen molar-refractivity contribution >= 4 is 23.1 Å². The van der Waals surface area contributed by atoms with Crippen LogP contribution in [0.15, 0.2) is 41.5 Å². The average Bonchev–Trinajstić information content (AvgIpc) is 2.83. The van der Waals surface area contributed by atoms with Gasteiger partial charge in [-0.25, -0.2) is 4.99 Å². The molecule has 2 aromatic rings. The van der Waals surface area contributed by atoms with Gasteiger partial charge in [-0.2, -0.15) is 5.10 Å². The van der Waals surface area contributed by atoms with E-state index < -0.39 is 0 Å². The van der Waals surface area contributed by atoms with Crippen LogP contribution in [0.5, 0.6) is 0 Å². The number of nitrogens with one attached hydrogen (secondary N) is 1. The fourth-order valence-electron chi connectivity index (χ4n) is 1.36. The summed E-state index contributed by atoms with van der Waals surface area (Å²) in [5, 5.41) is 6.79. The predicted molar refractivity (Wildman–Crippen MR) is 66.0 cm³/mol. The zero-order valence-electron chi connectivity index (χ0n) is 8.52. The van der Waals surface area contributed by atoms with Crippen LogP contribution in [-0.4, -0.2) is 21.9 Å². The smallest absolute Gasteiger partial charge is 0.115 e. The van der Waals surface area contributed by atoms with Crippen molar-refractivity contribution in [2.75, 3.05) is 5.88 Å². The lowest BCUT2D eigenvalue weighted by atomic mass is 10.1. The molecule has 0 saturated heterocycles. The molecule has 16 heavy (non-hydrogen) atoms. The number of H-pyrrole nitrogens is 1. The van der Waals surface area contributed by atoms with E-state index in [1.165, 1.54) is 0 Å². The van der Waals surface area contributed by atoms with Crippen molar-refractivity contribution < 1.29 is 0 Å². The number of amidine groups is 1. The molecule has 0 bridgehead atoms. The van der Waals surface area contributed by atoms with Crippen LogP contribution in [0, 0.1) is 0 Å². The standard InChI is InChI=1S/C11H11ClN4/c12-7-11(13)15-9-3-1-2-8(6-9)10-4-5-14-16-10/h1-6H,7H2,(H2,13,15)(H,14,16). The number of hydrogen-bond donors (Lipinski definition) is 2. The van der Waals surface area contributed by atoms with Crippen molar-refractivity contribution in [2.45, 2.75) is 0 Å². The molecule has 3 N–H and O–H groups in total. The summed E-state index contributed by atoms with van der Waals surface area (Å²) >= 11 is 5.57. The van der Waals surface area contributed by atoms with Gasteiger partial charge in [0, 0.05) is 11.8 Å². The Kier molecular flexibility index (Phi) is 3.22. The van der Waals surface area contributed by atoms with Gasteiger partial charge in [-0.05, 0) is 18.2 Å². The highest BCUT2D eigenvalue weighted by atomic mass is 35.5. The van der Waals surface area contributed by atoms with Crippen LogP contribution in [0.1, 0.15) is 0 Å². The first-order valence-electron chi connectivity index (χ1n) is 4.78. The normalized spacial score (nSPS) is 11.7. The highest BCUT2D eigenvalue weighted by molar-refractivity contribution is 6.28. The van der Waals surface area contributed by atoms with Crippen LogP contribution in [0.2, 0.25) is 0 Å². The van der Waals surface area contributed by atoms with Gasteiger partial charge in [-0.1, -0.05) is 12.1 Å². The zero-order chi connectivity index (χ0) is 11.4. The number of aromatic amines is 1. The van der Waals surface area contributed by atoms with Crippen LogP contribution in [0.3, 0.4) is 0 Å². The predicted octanol–water partition coefficient (Wildman–Crippen LogP) is 2.30. The van der Waals surface area contributed by atoms with Gasteiger partial charge >= 0.3 is 0 Å². The minimum absolute atomic E-state index is 0.230. The number of nitrogens with two attached hydrogens (primary N) is 1. The number of aliphatic imine (C=N–C) groups is 1. The Labute approximate surface area is 98.2 Å². The summed E-state index contributed by atoms with van der Waals surface area (Å²) in [5.74, 6) is 0.636. The van der Waals surface area contributed by atoms with Gasteiger partial charge in [0.05, 0.1) is 17.3 Å². The van der Waals surface area contributed by atoms with Crippen LogP contribution in [0.25, 0.3) is 11.3 Å². The van der Waals surface area contributed by atoms with Gasteiger partial charge in [0.25, 0.3) is 0 Å². The van der Waals surface area contributed by atoms with E-state index in [0.717, 1.165) is 16.9 Å². The summed E-state index contributed by atoms with van der Waals surface area (Å²) in [6.45, 7) is 0. The van der Waals surface area contributed by atoms with Gasteiger partial charge in [0.1, 0.15) is 5.84 Å². The Morgan fingerprint density at radius 3 is 3.00 bits per heavy atom. The van der Waals surface area contributed by atoms with Gasteiger partial charge in [-0.15, -0.1) is 11.6 Å². The van der Waals surface area contributed by atoms with Crippen molar-refractivity contribution in [2.24, 2.45) is 10.7 Å². The third kappa shape index (κ3) is 2.41. The maximum atomic E-state index is 5.57. The van der Waals surface area contributed by atoms with E-state index in [-0.39, 0.29) is 5.88 Å². The fraction of sp³-hybridized carbons (Fsp3) is 0.0909. The number of benzene rings is 1. The van der Waals surface area contributed by atoms with E-state index in [4.69, 9.17) is 17.3 Å². The minimum atomic E-state index is 0.230. The lowest BCUT2D eigenvalue weighted by Gasteiger charge is -2.00. The molecule has 0 radical (unpaired) electrons. The van der Waals surface area contributed by atoms with E-state index in [1.807, 2.05) is 30.3 Å². The number of halogens is 1. The summed E-state index contributed by atoms with van der Waals surface area (Å²) < 4.78 is 0. The van der Waals surface area contributed by atoms with Gasteiger partial charge in [0.2, 0.25) is 0 Å². The SMILES string of the molecule is NC(CCl)=Nc1cccc(-c2ccn[nH]2)c1. The van der Waals surface area contributed by atoms with E-state index >= 15 is 0 Å². The second kappa shape index (κ2) is 4.81. The maximum absolute atomic E-state index is 5.57. The first-order valence-corrected chi connectivity index (χ1v) is 5.32. The molecule has 0 aliphatic carbocycles. The largest absolute Gasteiger partial charge is 0.386 e. The summed E-state index contributed by atoms with van der Waals surface area (Å²) in [5.41, 5.74) is 8.32. The molecule has 1 aromatic carbocycles. The second-order valence-electron chi connectivity index (χ2n) is 3.26. The molecule has 0 fully saturated rings. The van der Waals surface area contributed by atoms with Gasteiger partial charge < -0.3 is 5.73 Å². The molecule has 0 saturated carbocycles. The van der Waals surface area contributed by atoms with Crippen LogP contribution >= 0.6 is 11.6 Å². The summed E-state index contributed by atoms with van der Waals surface area (Å²) in [6.07, 6.45) is 1.71. The summed E-state index contributed by atoms with van der Waals surface area (Å²) in [4.78, 5) is 4.18. The number of alkyl halides is 1. The first kappa shape index (κ1) is 10.7. The second-order valence-corrected chi connectivity index (χ2v) is 3.52. The molecular formula is C11H11ClN4. The molecule has 0 spiro atoms. The first-order chi connectivity index (χ1) is 7.79. The number of hydrogen-bond acceptors (Lipinski definition) is 2. The molecule has 0 aliphatic rings. The zero-order valence-corrected chi connectivity index (χ0v) is 9.28. The lowest BCUT2D eigenvalue weighted by molar-refractivity contribution is 1.10. The molecule has 82 valence electrons. The van der Waals surface area contributed by atoms with Crippen molar-refractivity contribution in [3.05, 3.63) is 36.5 Å². The Morgan fingerprint density at radius 1 is 1.44 bits per heavy atom. The van der Waals surface area contributed by atoms with Crippen molar-refractivity contribution in [3.63, 3.8) is 0 Å². The molecule has 5 heteroatoms. The number of rotatable bonds is 3. The van der Waals surface area contributed by atoms with E-state index in [1.54, 1.807) is 6.20 Å². The van der Waals surface area contributed by atoms with E-state index in [2.05, 4.69) is 15.2 Å². The average molecular weight is 235 g/mol. The van der Waals surface area contributed by atoms with Crippen LogP contribution in [0.4, 0.5) is 5.69 Å². The lowest BCUT2D eigenvalue weighted by Crippen LogP contribution is -2.12. The topological polar surface area (TPSA) is 67.1 Å². The number of aromatic nitrogens is 2. The molecular weight excluding hydrogens is 224 g/mol. The molecule has 1 aromatic heterocycles. The van der Waals surface area contributed by atoms with Gasteiger partial charge in [0.15, 0.2) is 0 Å². The fourth-order valence-corrected chi connectivity index (χ4v) is 1.42. The number of nitrogens with zero attached hydrogens (tertiary/aromatic N) is 2. The highest BCUT2D eigenvalue weighted by Crippen LogP contribution is 2.22. The van der Waals surface area contributed by atoms with Crippen LogP contribution in [-0.2, 0) is 0 Å². The Balaban J connectivity index is 2.34. The Bertz CT molecular complexity index is 490. The molecule has 0 amide bonds. The molecule has 1 heterocycles. The van der Waals surface area contributed by atoms with Crippen molar-refractivity contribution in [1.29, 1.82) is 0 Å². The highest BCUT2D eigenvalue weighted by Gasteiger charge is 1.99. The minimum Gasteiger partial charge on any atom is -0.386 e. The van der Waals surface area contributed by atoms with Crippen molar-refractivity contribution in [3.8, 4) is 11.3 Å². The van der Waals surface area contributed by atoms with E-state index in [0.29, 0.717) is 5.84 Å². The third-order valence-electron chi connectivity index (χ3n) is 2.07. The Morgan fingerprint density at radius 2 is 2.31 bits per heavy atom. The third-order valence-corrected chi connectivity index (χ3v) is 2.34. The maximum Gasteiger partial charge on any atom is 0.115 e. The quantitative estimate of drug-likeness (QED) is 0.486. The van der Waals surface area contributed by atoms with E-state index in [9.17, 15) is 0 Å². The van der Waals surface area contributed by atoms with Crippen molar-refractivity contribution in [1.82, 2.24) is 10.2 Å². The van der Waals surface area contributed by atoms with Gasteiger partial charge in [-0.3, -0.25) is 5.10 Å². The monoisotopic (exact) mass is 234 g/mol. The molecule has 0 aliphatic heterocycles. The summed E-state index contributed by atoms with van der Waals surface area (Å²) in [7, 11) is 0. The molecule has 0 atom stereocenters. The molecule has 4 nitrogen and oxygen atoms in total.